The Bertz CT molecular complexity index is 297. The Balaban J connectivity index is 2.39. The minimum Gasteiger partial charge on any atom is -0.472 e. The van der Waals surface area contributed by atoms with Crippen LogP contribution in [0.5, 0.6) is 0 Å². The van der Waals surface area contributed by atoms with E-state index in [-0.39, 0.29) is 5.88 Å². The predicted molar refractivity (Wildman–Crippen MR) is 45.0 cm³/mol. The summed E-state index contributed by atoms with van der Waals surface area (Å²) in [5.74, 6) is -1.13. The number of nitrogens with one attached hydrogen (secondary N) is 2. The highest BCUT2D eigenvalue weighted by Gasteiger charge is 2.06. The van der Waals surface area contributed by atoms with Gasteiger partial charge in [-0.05, 0) is 6.07 Å². The summed E-state index contributed by atoms with van der Waals surface area (Å²) in [5, 5.41) is 0. The van der Waals surface area contributed by atoms with Crippen molar-refractivity contribution < 1.29 is 14.0 Å². The molecule has 2 amide bonds. The number of halogens is 1. The van der Waals surface area contributed by atoms with Crippen LogP contribution in [0.25, 0.3) is 0 Å². The molecular weight excluding hydrogens is 196 g/mol. The van der Waals surface area contributed by atoms with Crippen molar-refractivity contribution in [3.8, 4) is 0 Å². The number of carbonyl (C=O) groups is 2. The molecule has 0 atom stereocenters. The second-order valence-electron chi connectivity index (χ2n) is 2.15. The number of hydrogen-bond acceptors (Lipinski definition) is 3. The lowest BCUT2D eigenvalue weighted by molar-refractivity contribution is -0.119. The first-order valence-electron chi connectivity index (χ1n) is 3.41. The summed E-state index contributed by atoms with van der Waals surface area (Å²) in [4.78, 5) is 21.7. The molecule has 0 saturated heterocycles. The molecule has 0 aliphatic rings. The average molecular weight is 203 g/mol. The van der Waals surface area contributed by atoms with Gasteiger partial charge in [-0.25, -0.2) is 0 Å². The zero-order valence-corrected chi connectivity index (χ0v) is 7.30. The number of alkyl halides is 1. The van der Waals surface area contributed by atoms with E-state index < -0.39 is 11.8 Å². The van der Waals surface area contributed by atoms with Crippen LogP contribution in [0.15, 0.2) is 23.0 Å². The largest absolute Gasteiger partial charge is 0.472 e. The Morgan fingerprint density at radius 1 is 1.46 bits per heavy atom. The molecular formula is C7H7ClN2O3. The van der Waals surface area contributed by atoms with Crippen molar-refractivity contribution in [1.82, 2.24) is 10.9 Å². The van der Waals surface area contributed by atoms with Gasteiger partial charge in [0.25, 0.3) is 11.8 Å². The highest BCUT2D eigenvalue weighted by Crippen LogP contribution is 1.97. The lowest BCUT2D eigenvalue weighted by atomic mass is 10.3. The molecule has 6 heteroatoms. The minimum absolute atomic E-state index is 0.203. The van der Waals surface area contributed by atoms with Gasteiger partial charge < -0.3 is 4.42 Å². The first-order valence-corrected chi connectivity index (χ1v) is 3.95. The third-order valence-corrected chi connectivity index (χ3v) is 1.46. The molecule has 13 heavy (non-hydrogen) atoms. The van der Waals surface area contributed by atoms with Gasteiger partial charge in [-0.15, -0.1) is 11.6 Å². The van der Waals surface area contributed by atoms with E-state index in [1.807, 2.05) is 0 Å². The molecule has 0 aliphatic carbocycles. The molecule has 0 aliphatic heterocycles. The number of amides is 2. The van der Waals surface area contributed by atoms with Crippen LogP contribution in [-0.2, 0) is 4.79 Å². The molecule has 0 spiro atoms. The predicted octanol–water partition coefficient (Wildman–Crippen LogP) is 0.279. The Hall–Kier alpha value is -1.49. The van der Waals surface area contributed by atoms with E-state index in [0.29, 0.717) is 5.56 Å². The molecule has 0 radical (unpaired) electrons. The fourth-order valence-corrected chi connectivity index (χ4v) is 0.693. The summed E-state index contributed by atoms with van der Waals surface area (Å²) in [5.41, 5.74) is 4.59. The van der Waals surface area contributed by atoms with Crippen LogP contribution >= 0.6 is 11.6 Å². The van der Waals surface area contributed by atoms with Gasteiger partial charge in [0, 0.05) is 0 Å². The highest BCUT2D eigenvalue weighted by molar-refractivity contribution is 6.27. The first-order chi connectivity index (χ1) is 6.24. The summed E-state index contributed by atoms with van der Waals surface area (Å²) in [6.07, 6.45) is 2.63. The van der Waals surface area contributed by atoms with Crippen LogP contribution in [0, 0.1) is 0 Å². The van der Waals surface area contributed by atoms with Crippen LogP contribution in [0.2, 0.25) is 0 Å². The van der Waals surface area contributed by atoms with E-state index in [0.717, 1.165) is 0 Å². The summed E-state index contributed by atoms with van der Waals surface area (Å²) in [6, 6.07) is 1.47. The number of rotatable bonds is 2. The standard InChI is InChI=1S/C7H7ClN2O3/c8-3-6(11)9-10-7(12)5-1-2-13-4-5/h1-2,4H,3H2,(H,9,11)(H,10,12). The smallest absolute Gasteiger partial charge is 0.272 e. The lowest BCUT2D eigenvalue weighted by Crippen LogP contribution is -2.42. The van der Waals surface area contributed by atoms with Gasteiger partial charge in [0.2, 0.25) is 0 Å². The van der Waals surface area contributed by atoms with Gasteiger partial charge in [-0.3, -0.25) is 20.4 Å². The van der Waals surface area contributed by atoms with Gasteiger partial charge >= 0.3 is 0 Å². The number of furan rings is 1. The molecule has 0 aromatic carbocycles. The minimum atomic E-state index is -0.474. The van der Waals surface area contributed by atoms with Crippen LogP contribution in [0.3, 0.4) is 0 Å². The molecule has 1 heterocycles. The van der Waals surface area contributed by atoms with Gasteiger partial charge in [0.15, 0.2) is 0 Å². The van der Waals surface area contributed by atoms with E-state index in [2.05, 4.69) is 15.3 Å². The monoisotopic (exact) mass is 202 g/mol. The van der Waals surface area contributed by atoms with Crippen molar-refractivity contribution in [3.63, 3.8) is 0 Å². The fourth-order valence-electron chi connectivity index (χ4n) is 0.626. The Kier molecular flexibility index (Phi) is 3.33. The van der Waals surface area contributed by atoms with E-state index in [1.165, 1.54) is 18.6 Å². The van der Waals surface area contributed by atoms with Gasteiger partial charge in [0.1, 0.15) is 12.1 Å². The Morgan fingerprint density at radius 2 is 2.23 bits per heavy atom. The molecule has 0 fully saturated rings. The van der Waals surface area contributed by atoms with Gasteiger partial charge in [-0.1, -0.05) is 0 Å². The summed E-state index contributed by atoms with van der Waals surface area (Å²) in [6.45, 7) is 0. The zero-order chi connectivity index (χ0) is 9.68. The summed E-state index contributed by atoms with van der Waals surface area (Å²) in [7, 11) is 0. The van der Waals surface area contributed by atoms with Crippen molar-refractivity contribution in [2.24, 2.45) is 0 Å². The molecule has 0 saturated carbocycles. The zero-order valence-electron chi connectivity index (χ0n) is 6.54. The van der Waals surface area contributed by atoms with E-state index in [9.17, 15) is 9.59 Å². The van der Waals surface area contributed by atoms with Gasteiger partial charge in [0.05, 0.1) is 11.8 Å². The fraction of sp³-hybridized carbons (Fsp3) is 0.143. The maximum Gasteiger partial charge on any atom is 0.272 e. The number of hydrazine groups is 1. The second kappa shape index (κ2) is 4.51. The van der Waals surface area contributed by atoms with Crippen molar-refractivity contribution in [2.45, 2.75) is 0 Å². The molecule has 1 aromatic heterocycles. The molecule has 1 aromatic rings. The third kappa shape index (κ3) is 2.79. The van der Waals surface area contributed by atoms with E-state index >= 15 is 0 Å². The maximum absolute atomic E-state index is 11.1. The number of hydrogen-bond donors (Lipinski definition) is 2. The molecule has 1 rings (SSSR count). The topological polar surface area (TPSA) is 71.3 Å². The van der Waals surface area contributed by atoms with Crippen molar-refractivity contribution in [3.05, 3.63) is 24.2 Å². The Morgan fingerprint density at radius 3 is 2.77 bits per heavy atom. The average Bonchev–Trinajstić information content (AvgIpc) is 2.66. The first kappa shape index (κ1) is 9.60. The van der Waals surface area contributed by atoms with Crippen LogP contribution in [0.1, 0.15) is 10.4 Å². The van der Waals surface area contributed by atoms with Gasteiger partial charge in [-0.2, -0.15) is 0 Å². The third-order valence-electron chi connectivity index (χ3n) is 1.22. The van der Waals surface area contributed by atoms with Crippen LogP contribution < -0.4 is 10.9 Å². The lowest BCUT2D eigenvalue weighted by Gasteiger charge is -2.02. The normalized spacial score (nSPS) is 9.31. The van der Waals surface area contributed by atoms with E-state index in [4.69, 9.17) is 11.6 Å². The molecule has 70 valence electrons. The molecule has 0 unspecified atom stereocenters. The quantitative estimate of drug-likeness (QED) is 0.535. The Labute approximate surface area is 79.0 Å². The summed E-state index contributed by atoms with van der Waals surface area (Å²) < 4.78 is 4.67. The SMILES string of the molecule is O=C(CCl)NNC(=O)c1ccoc1. The van der Waals surface area contributed by atoms with Crippen LogP contribution in [0.4, 0.5) is 0 Å². The van der Waals surface area contributed by atoms with Crippen molar-refractivity contribution in [2.75, 3.05) is 5.88 Å². The molecule has 5 nitrogen and oxygen atoms in total. The van der Waals surface area contributed by atoms with Crippen LogP contribution in [-0.4, -0.2) is 17.7 Å². The summed E-state index contributed by atoms with van der Waals surface area (Å²) >= 11 is 5.18. The number of carbonyl (C=O) groups excluding carboxylic acids is 2. The highest BCUT2D eigenvalue weighted by atomic mass is 35.5. The van der Waals surface area contributed by atoms with Crippen molar-refractivity contribution in [1.29, 1.82) is 0 Å². The second-order valence-corrected chi connectivity index (χ2v) is 2.42. The maximum atomic E-state index is 11.1. The molecule has 0 bridgehead atoms. The molecule has 2 N–H and O–H groups in total. The van der Waals surface area contributed by atoms with E-state index in [1.54, 1.807) is 0 Å². The van der Waals surface area contributed by atoms with Crippen molar-refractivity contribution >= 4 is 23.4 Å².